The van der Waals surface area contributed by atoms with Crippen LogP contribution in [0.3, 0.4) is 0 Å². The van der Waals surface area contributed by atoms with Crippen LogP contribution in [0.25, 0.3) is 5.52 Å². The first-order valence-corrected chi connectivity index (χ1v) is 4.61. The third-order valence-electron chi connectivity index (χ3n) is 2.41. The molecule has 0 aliphatic rings. The normalized spacial score (nSPS) is 11.4. The van der Waals surface area contributed by atoms with Crippen molar-refractivity contribution in [2.24, 2.45) is 0 Å². The maximum absolute atomic E-state index is 4.26. The van der Waals surface area contributed by atoms with E-state index in [1.807, 2.05) is 13.3 Å². The summed E-state index contributed by atoms with van der Waals surface area (Å²) < 4.78 is 2.09. The average molecular weight is 174 g/mol. The number of hydrogen-bond acceptors (Lipinski definition) is 1. The molecule has 0 bridgehead atoms. The highest BCUT2D eigenvalue weighted by molar-refractivity contribution is 5.52. The van der Waals surface area contributed by atoms with Gasteiger partial charge < -0.3 is 4.40 Å². The van der Waals surface area contributed by atoms with Gasteiger partial charge in [-0.2, -0.15) is 0 Å². The average Bonchev–Trinajstić information content (AvgIpc) is 2.47. The fourth-order valence-electron chi connectivity index (χ4n) is 1.49. The van der Waals surface area contributed by atoms with E-state index in [1.54, 1.807) is 0 Å². The Hall–Kier alpha value is -1.31. The first-order valence-electron chi connectivity index (χ1n) is 4.61. The van der Waals surface area contributed by atoms with Crippen molar-refractivity contribution in [3.63, 3.8) is 0 Å². The van der Waals surface area contributed by atoms with Crippen molar-refractivity contribution >= 4 is 5.52 Å². The lowest BCUT2D eigenvalue weighted by Gasteiger charge is -2.05. The van der Waals surface area contributed by atoms with E-state index in [1.165, 1.54) is 11.1 Å². The molecule has 68 valence electrons. The number of imidazole rings is 1. The molecule has 0 N–H and O–H groups in total. The van der Waals surface area contributed by atoms with Crippen LogP contribution >= 0.6 is 0 Å². The van der Waals surface area contributed by atoms with Crippen LogP contribution in [-0.2, 0) is 0 Å². The van der Waals surface area contributed by atoms with Crippen molar-refractivity contribution < 1.29 is 0 Å². The minimum atomic E-state index is 0.576. The van der Waals surface area contributed by atoms with Gasteiger partial charge in [0, 0.05) is 6.20 Å². The summed E-state index contributed by atoms with van der Waals surface area (Å²) in [5, 5.41) is 0. The fraction of sp³-hybridized carbons (Fsp3) is 0.364. The molecule has 0 radical (unpaired) electrons. The standard InChI is InChI=1S/C11H14N2/c1-8(2)10-4-5-11-9(3)12-7-13(11)6-10/h4-8H,1-3H3. The highest BCUT2D eigenvalue weighted by atomic mass is 15.0. The number of hydrogen-bond donors (Lipinski definition) is 0. The quantitative estimate of drug-likeness (QED) is 0.649. The number of aryl methyl sites for hydroxylation is 1. The summed E-state index contributed by atoms with van der Waals surface area (Å²) in [6.07, 6.45) is 4.02. The molecular formula is C11H14N2. The van der Waals surface area contributed by atoms with Gasteiger partial charge >= 0.3 is 0 Å². The molecule has 0 amide bonds. The summed E-state index contributed by atoms with van der Waals surface area (Å²) in [7, 11) is 0. The van der Waals surface area contributed by atoms with Crippen molar-refractivity contribution in [1.82, 2.24) is 9.38 Å². The summed E-state index contributed by atoms with van der Waals surface area (Å²) in [5.74, 6) is 0.576. The van der Waals surface area contributed by atoms with E-state index in [0.717, 1.165) is 5.69 Å². The summed E-state index contributed by atoms with van der Waals surface area (Å²) >= 11 is 0. The van der Waals surface area contributed by atoms with Gasteiger partial charge in [0.25, 0.3) is 0 Å². The zero-order valence-corrected chi connectivity index (χ0v) is 8.28. The molecule has 13 heavy (non-hydrogen) atoms. The first kappa shape index (κ1) is 8.30. The van der Waals surface area contributed by atoms with Gasteiger partial charge in [-0.15, -0.1) is 0 Å². The molecule has 0 spiro atoms. The van der Waals surface area contributed by atoms with Crippen LogP contribution in [0.4, 0.5) is 0 Å². The highest BCUT2D eigenvalue weighted by Crippen LogP contribution is 2.16. The molecule has 0 unspecified atom stereocenters. The van der Waals surface area contributed by atoms with E-state index in [9.17, 15) is 0 Å². The number of nitrogens with zero attached hydrogens (tertiary/aromatic N) is 2. The fourth-order valence-corrected chi connectivity index (χ4v) is 1.49. The molecule has 0 aromatic carbocycles. The molecule has 0 atom stereocenters. The van der Waals surface area contributed by atoms with Gasteiger partial charge in [0.15, 0.2) is 0 Å². The molecule has 2 heteroatoms. The monoisotopic (exact) mass is 174 g/mol. The molecule has 0 aliphatic heterocycles. The minimum absolute atomic E-state index is 0.576. The molecule has 0 fully saturated rings. The topological polar surface area (TPSA) is 17.3 Å². The molecule has 2 aromatic rings. The van der Waals surface area contributed by atoms with Gasteiger partial charge in [-0.25, -0.2) is 4.98 Å². The predicted molar refractivity (Wildman–Crippen MR) is 54.0 cm³/mol. The summed E-state index contributed by atoms with van der Waals surface area (Å²) in [6.45, 7) is 6.43. The Morgan fingerprint density at radius 1 is 1.31 bits per heavy atom. The Morgan fingerprint density at radius 2 is 2.08 bits per heavy atom. The van der Waals surface area contributed by atoms with E-state index in [2.05, 4.69) is 41.6 Å². The summed E-state index contributed by atoms with van der Waals surface area (Å²) in [5.41, 5.74) is 3.64. The third-order valence-corrected chi connectivity index (χ3v) is 2.41. The molecular weight excluding hydrogens is 160 g/mol. The van der Waals surface area contributed by atoms with Crippen molar-refractivity contribution in [1.29, 1.82) is 0 Å². The van der Waals surface area contributed by atoms with Crippen LogP contribution in [0.2, 0.25) is 0 Å². The molecule has 2 heterocycles. The summed E-state index contributed by atoms with van der Waals surface area (Å²) in [6, 6.07) is 4.31. The molecule has 2 nitrogen and oxygen atoms in total. The highest BCUT2D eigenvalue weighted by Gasteiger charge is 2.02. The van der Waals surface area contributed by atoms with Gasteiger partial charge in [0.2, 0.25) is 0 Å². The van der Waals surface area contributed by atoms with Crippen LogP contribution in [0.15, 0.2) is 24.7 Å². The third kappa shape index (κ3) is 1.32. The molecule has 2 rings (SSSR count). The van der Waals surface area contributed by atoms with Crippen molar-refractivity contribution in [3.05, 3.63) is 35.9 Å². The second kappa shape index (κ2) is 2.87. The predicted octanol–water partition coefficient (Wildman–Crippen LogP) is 2.77. The maximum atomic E-state index is 4.26. The van der Waals surface area contributed by atoms with E-state index in [-0.39, 0.29) is 0 Å². The number of rotatable bonds is 1. The van der Waals surface area contributed by atoms with Crippen LogP contribution in [-0.4, -0.2) is 9.38 Å². The molecule has 0 saturated heterocycles. The molecule has 0 saturated carbocycles. The zero-order chi connectivity index (χ0) is 9.42. The van der Waals surface area contributed by atoms with E-state index < -0.39 is 0 Å². The first-order chi connectivity index (χ1) is 6.18. The lowest BCUT2D eigenvalue weighted by Crippen LogP contribution is -1.91. The SMILES string of the molecule is Cc1ncn2cc(C(C)C)ccc12. The number of fused-ring (bicyclic) bond motifs is 1. The van der Waals surface area contributed by atoms with E-state index in [0.29, 0.717) is 5.92 Å². The second-order valence-electron chi connectivity index (χ2n) is 3.74. The van der Waals surface area contributed by atoms with E-state index >= 15 is 0 Å². The largest absolute Gasteiger partial charge is 0.306 e. The molecule has 2 aromatic heterocycles. The van der Waals surface area contributed by atoms with Gasteiger partial charge in [-0.3, -0.25) is 0 Å². The minimum Gasteiger partial charge on any atom is -0.306 e. The summed E-state index contributed by atoms with van der Waals surface area (Å²) in [4.78, 5) is 4.26. The smallest absolute Gasteiger partial charge is 0.0995 e. The van der Waals surface area contributed by atoms with Crippen molar-refractivity contribution in [2.45, 2.75) is 26.7 Å². The number of aromatic nitrogens is 2. The van der Waals surface area contributed by atoms with Crippen LogP contribution in [0.1, 0.15) is 31.0 Å². The lowest BCUT2D eigenvalue weighted by atomic mass is 10.1. The van der Waals surface area contributed by atoms with Crippen LogP contribution < -0.4 is 0 Å². The zero-order valence-electron chi connectivity index (χ0n) is 8.28. The van der Waals surface area contributed by atoms with E-state index in [4.69, 9.17) is 0 Å². The number of pyridine rings is 1. The Balaban J connectivity index is 2.63. The van der Waals surface area contributed by atoms with Crippen molar-refractivity contribution in [2.75, 3.05) is 0 Å². The Morgan fingerprint density at radius 3 is 2.77 bits per heavy atom. The van der Waals surface area contributed by atoms with Crippen LogP contribution in [0, 0.1) is 6.92 Å². The Labute approximate surface area is 78.2 Å². The van der Waals surface area contributed by atoms with Gasteiger partial charge in [0.1, 0.15) is 0 Å². The Bertz CT molecular complexity index is 427. The van der Waals surface area contributed by atoms with Gasteiger partial charge in [0.05, 0.1) is 17.5 Å². The van der Waals surface area contributed by atoms with Gasteiger partial charge in [-0.1, -0.05) is 19.9 Å². The van der Waals surface area contributed by atoms with Crippen molar-refractivity contribution in [3.8, 4) is 0 Å². The lowest BCUT2D eigenvalue weighted by molar-refractivity contribution is 0.853. The van der Waals surface area contributed by atoms with Gasteiger partial charge in [-0.05, 0) is 24.5 Å². The second-order valence-corrected chi connectivity index (χ2v) is 3.74. The maximum Gasteiger partial charge on any atom is 0.0995 e. The Kier molecular flexibility index (Phi) is 1.83. The van der Waals surface area contributed by atoms with Crippen LogP contribution in [0.5, 0.6) is 0 Å². The molecule has 0 aliphatic carbocycles.